The molecule has 0 bridgehead atoms. The fraction of sp³-hybridized carbons (Fsp3) is 0.381. The van der Waals surface area contributed by atoms with E-state index in [9.17, 15) is 13.2 Å². The van der Waals surface area contributed by atoms with E-state index < -0.39 is 10.0 Å². The highest BCUT2D eigenvalue weighted by Gasteiger charge is 2.22. The van der Waals surface area contributed by atoms with Gasteiger partial charge in [-0.2, -0.15) is 0 Å². The zero-order valence-corrected chi connectivity index (χ0v) is 16.4. The Morgan fingerprint density at radius 3 is 2.22 bits per heavy atom. The van der Waals surface area contributed by atoms with Crippen molar-refractivity contribution in [2.45, 2.75) is 50.0 Å². The third kappa shape index (κ3) is 4.76. The third-order valence-electron chi connectivity index (χ3n) is 4.97. The Balaban J connectivity index is 1.75. The fourth-order valence-corrected chi connectivity index (χ4v) is 4.80. The van der Waals surface area contributed by atoms with Crippen molar-refractivity contribution in [3.05, 3.63) is 60.2 Å². The van der Waals surface area contributed by atoms with Crippen LogP contribution < -0.4 is 9.62 Å². The summed E-state index contributed by atoms with van der Waals surface area (Å²) in [6, 6.07) is 15.7. The van der Waals surface area contributed by atoms with Crippen molar-refractivity contribution in [2.75, 3.05) is 11.4 Å². The number of carbonyl (C=O) groups excluding carboxylic acids is 1. The van der Waals surface area contributed by atoms with Crippen LogP contribution in [0.1, 0.15) is 49.4 Å². The lowest BCUT2D eigenvalue weighted by Gasteiger charge is -2.23. The molecule has 1 amide bonds. The van der Waals surface area contributed by atoms with Crippen LogP contribution in [0.2, 0.25) is 0 Å². The first kappa shape index (κ1) is 19.6. The first-order chi connectivity index (χ1) is 13.0. The molecule has 5 nitrogen and oxygen atoms in total. The normalized spacial score (nSPS) is 15.4. The summed E-state index contributed by atoms with van der Waals surface area (Å²) in [5.74, 6) is -0.145. The quantitative estimate of drug-likeness (QED) is 0.817. The molecule has 27 heavy (non-hydrogen) atoms. The van der Waals surface area contributed by atoms with Crippen LogP contribution in [0.4, 0.5) is 5.69 Å². The standard InChI is InChI=1S/C21H26N2O3S/c1-2-23(19-11-7-4-8-12-19)21(24)17-13-15-20(16-14-17)27(25,26)22-18-9-5-3-6-10-18/h4,7-8,11-16,18,22H,2-3,5-6,9-10H2,1H3. The van der Waals surface area contributed by atoms with E-state index in [1.807, 2.05) is 37.3 Å². The smallest absolute Gasteiger partial charge is 0.258 e. The zero-order valence-electron chi connectivity index (χ0n) is 15.6. The van der Waals surface area contributed by atoms with Crippen molar-refractivity contribution in [1.82, 2.24) is 4.72 Å². The number of anilines is 1. The average molecular weight is 387 g/mol. The van der Waals surface area contributed by atoms with Crippen LogP contribution in [0.3, 0.4) is 0 Å². The van der Waals surface area contributed by atoms with Crippen LogP contribution in [-0.2, 0) is 10.0 Å². The van der Waals surface area contributed by atoms with Gasteiger partial charge >= 0.3 is 0 Å². The Bertz CT molecular complexity index is 858. The Morgan fingerprint density at radius 2 is 1.63 bits per heavy atom. The highest BCUT2D eigenvalue weighted by Crippen LogP contribution is 2.21. The lowest BCUT2D eigenvalue weighted by molar-refractivity contribution is 0.0988. The lowest BCUT2D eigenvalue weighted by atomic mass is 9.96. The first-order valence-electron chi connectivity index (χ1n) is 9.50. The van der Waals surface area contributed by atoms with E-state index in [0.717, 1.165) is 31.4 Å². The van der Waals surface area contributed by atoms with Gasteiger partial charge in [-0.25, -0.2) is 13.1 Å². The average Bonchev–Trinajstić information content (AvgIpc) is 2.70. The maximum atomic E-state index is 12.8. The molecule has 1 aliphatic rings. The number of carbonyl (C=O) groups is 1. The minimum Gasteiger partial charge on any atom is -0.309 e. The van der Waals surface area contributed by atoms with Gasteiger partial charge in [0, 0.05) is 23.8 Å². The van der Waals surface area contributed by atoms with E-state index in [2.05, 4.69) is 4.72 Å². The molecule has 0 atom stereocenters. The van der Waals surface area contributed by atoms with Crippen LogP contribution in [0.15, 0.2) is 59.5 Å². The SMILES string of the molecule is CCN(C(=O)c1ccc(S(=O)(=O)NC2CCCCC2)cc1)c1ccccc1. The molecular weight excluding hydrogens is 360 g/mol. The number of benzene rings is 2. The topological polar surface area (TPSA) is 66.5 Å². The van der Waals surface area contributed by atoms with Gasteiger partial charge in [0.1, 0.15) is 0 Å². The minimum absolute atomic E-state index is 0.0127. The number of sulfonamides is 1. The fourth-order valence-electron chi connectivity index (χ4n) is 3.49. The summed E-state index contributed by atoms with van der Waals surface area (Å²) in [6.07, 6.45) is 5.07. The minimum atomic E-state index is -3.56. The van der Waals surface area contributed by atoms with Gasteiger partial charge in [0.25, 0.3) is 5.91 Å². The molecule has 0 heterocycles. The number of amides is 1. The Kier molecular flexibility index (Phi) is 6.29. The number of hydrogen-bond donors (Lipinski definition) is 1. The summed E-state index contributed by atoms with van der Waals surface area (Å²) in [5.41, 5.74) is 1.29. The van der Waals surface area contributed by atoms with E-state index in [0.29, 0.717) is 12.1 Å². The van der Waals surface area contributed by atoms with Crippen LogP contribution in [0, 0.1) is 0 Å². The molecule has 2 aromatic rings. The number of rotatable bonds is 6. The molecular formula is C21H26N2O3S. The molecule has 1 fully saturated rings. The van der Waals surface area contributed by atoms with Gasteiger partial charge in [0.05, 0.1) is 4.90 Å². The van der Waals surface area contributed by atoms with Gasteiger partial charge in [0.2, 0.25) is 10.0 Å². The van der Waals surface area contributed by atoms with Gasteiger partial charge in [-0.05, 0) is 56.2 Å². The maximum absolute atomic E-state index is 12.8. The third-order valence-corrected chi connectivity index (χ3v) is 6.50. The largest absolute Gasteiger partial charge is 0.309 e. The first-order valence-corrected chi connectivity index (χ1v) is 11.0. The van der Waals surface area contributed by atoms with Crippen LogP contribution in [0.5, 0.6) is 0 Å². The van der Waals surface area contributed by atoms with Gasteiger partial charge in [-0.1, -0.05) is 37.5 Å². The number of hydrogen-bond acceptors (Lipinski definition) is 3. The highest BCUT2D eigenvalue weighted by atomic mass is 32.2. The molecule has 1 N–H and O–H groups in total. The predicted molar refractivity (Wildman–Crippen MR) is 107 cm³/mol. The molecule has 3 rings (SSSR count). The van der Waals surface area contributed by atoms with Crippen molar-refractivity contribution in [1.29, 1.82) is 0 Å². The molecule has 0 aliphatic heterocycles. The number of nitrogens with one attached hydrogen (secondary N) is 1. The van der Waals surface area contributed by atoms with Crippen molar-refractivity contribution >= 4 is 21.6 Å². The van der Waals surface area contributed by atoms with Gasteiger partial charge in [-0.3, -0.25) is 4.79 Å². The zero-order chi connectivity index (χ0) is 19.3. The molecule has 0 radical (unpaired) electrons. The molecule has 1 aliphatic carbocycles. The number of para-hydroxylation sites is 1. The van der Waals surface area contributed by atoms with Crippen molar-refractivity contribution in [3.8, 4) is 0 Å². The monoisotopic (exact) mass is 386 g/mol. The van der Waals surface area contributed by atoms with E-state index >= 15 is 0 Å². The summed E-state index contributed by atoms with van der Waals surface area (Å²) in [4.78, 5) is 14.7. The molecule has 2 aromatic carbocycles. The van der Waals surface area contributed by atoms with Gasteiger partial charge in [-0.15, -0.1) is 0 Å². The van der Waals surface area contributed by atoms with Gasteiger partial charge < -0.3 is 4.90 Å². The Morgan fingerprint density at radius 1 is 1.00 bits per heavy atom. The van der Waals surface area contributed by atoms with E-state index in [1.165, 1.54) is 18.6 Å². The van der Waals surface area contributed by atoms with Crippen molar-refractivity contribution in [2.24, 2.45) is 0 Å². The summed E-state index contributed by atoms with van der Waals surface area (Å²) < 4.78 is 28.0. The Labute approximate surface area is 161 Å². The second-order valence-corrected chi connectivity index (χ2v) is 8.58. The summed E-state index contributed by atoms with van der Waals surface area (Å²) >= 11 is 0. The van der Waals surface area contributed by atoms with E-state index in [1.54, 1.807) is 17.0 Å². The molecule has 1 saturated carbocycles. The predicted octanol–water partition coefficient (Wildman–Crippen LogP) is 3.96. The van der Waals surface area contributed by atoms with Gasteiger partial charge in [0.15, 0.2) is 0 Å². The Hall–Kier alpha value is -2.18. The van der Waals surface area contributed by atoms with Crippen LogP contribution in [0.25, 0.3) is 0 Å². The number of nitrogens with zero attached hydrogens (tertiary/aromatic N) is 1. The summed E-state index contributed by atoms with van der Waals surface area (Å²) in [5, 5.41) is 0. The molecule has 144 valence electrons. The van der Waals surface area contributed by atoms with Crippen LogP contribution in [-0.4, -0.2) is 26.9 Å². The molecule has 0 spiro atoms. The summed E-state index contributed by atoms with van der Waals surface area (Å²) in [7, 11) is -3.56. The second-order valence-electron chi connectivity index (χ2n) is 6.87. The van der Waals surface area contributed by atoms with Crippen LogP contribution >= 0.6 is 0 Å². The second kappa shape index (κ2) is 8.67. The maximum Gasteiger partial charge on any atom is 0.258 e. The van der Waals surface area contributed by atoms with E-state index in [-0.39, 0.29) is 16.8 Å². The summed E-state index contributed by atoms with van der Waals surface area (Å²) in [6.45, 7) is 2.45. The molecule has 0 unspecified atom stereocenters. The van der Waals surface area contributed by atoms with Crippen molar-refractivity contribution in [3.63, 3.8) is 0 Å². The van der Waals surface area contributed by atoms with E-state index in [4.69, 9.17) is 0 Å². The molecule has 0 saturated heterocycles. The lowest BCUT2D eigenvalue weighted by Crippen LogP contribution is -2.36. The highest BCUT2D eigenvalue weighted by molar-refractivity contribution is 7.89. The molecule has 6 heteroatoms. The van der Waals surface area contributed by atoms with Crippen molar-refractivity contribution < 1.29 is 13.2 Å². The molecule has 0 aromatic heterocycles.